The normalized spacial score (nSPS) is 14.6. The molecule has 6 nitrogen and oxygen atoms in total. The van der Waals surface area contributed by atoms with E-state index in [9.17, 15) is 4.79 Å². The van der Waals surface area contributed by atoms with Crippen molar-refractivity contribution in [3.8, 4) is 0 Å². The van der Waals surface area contributed by atoms with Gasteiger partial charge in [0.2, 0.25) is 0 Å². The molecule has 1 aliphatic rings. The van der Waals surface area contributed by atoms with Gasteiger partial charge < -0.3 is 14.7 Å². The van der Waals surface area contributed by atoms with E-state index in [-0.39, 0.29) is 5.91 Å². The lowest BCUT2D eigenvalue weighted by Crippen LogP contribution is -2.28. The van der Waals surface area contributed by atoms with Crippen molar-refractivity contribution < 1.29 is 9.32 Å². The van der Waals surface area contributed by atoms with E-state index in [1.807, 2.05) is 24.0 Å². The number of hydrogen-bond acceptors (Lipinski definition) is 5. The number of nitrogens with one attached hydrogen (secondary N) is 1. The molecule has 0 unspecified atom stereocenters. The van der Waals surface area contributed by atoms with Crippen molar-refractivity contribution in [2.24, 2.45) is 0 Å². The van der Waals surface area contributed by atoms with Gasteiger partial charge in [-0.1, -0.05) is 11.2 Å². The van der Waals surface area contributed by atoms with Crippen LogP contribution in [0.2, 0.25) is 0 Å². The predicted octanol–water partition coefficient (Wildman–Crippen LogP) is 2.36. The summed E-state index contributed by atoms with van der Waals surface area (Å²) in [5.74, 6) is 0.606. The molecule has 20 heavy (non-hydrogen) atoms. The van der Waals surface area contributed by atoms with Crippen molar-refractivity contribution in [3.63, 3.8) is 0 Å². The molecule has 1 saturated heterocycles. The molecule has 1 aliphatic heterocycles. The van der Waals surface area contributed by atoms with Crippen LogP contribution in [-0.2, 0) is 0 Å². The Labute approximate surface area is 116 Å². The first-order chi connectivity index (χ1) is 9.74. The Morgan fingerprint density at radius 3 is 2.85 bits per heavy atom. The van der Waals surface area contributed by atoms with Crippen molar-refractivity contribution in [1.82, 2.24) is 15.0 Å². The van der Waals surface area contributed by atoms with E-state index in [1.54, 1.807) is 6.07 Å². The van der Waals surface area contributed by atoms with Gasteiger partial charge in [0.25, 0.3) is 5.91 Å². The van der Waals surface area contributed by atoms with Gasteiger partial charge in [0.1, 0.15) is 29.2 Å². The smallest absolute Gasteiger partial charge is 0.272 e. The second-order valence-corrected chi connectivity index (χ2v) is 4.85. The fraction of sp³-hybridized carbons (Fsp3) is 0.357. The number of rotatable bonds is 3. The summed E-state index contributed by atoms with van der Waals surface area (Å²) in [5.41, 5.74) is 1.97. The molecule has 0 radical (unpaired) electrons. The van der Waals surface area contributed by atoms with Crippen LogP contribution < -0.4 is 5.32 Å². The number of nitrogens with zero attached hydrogens (tertiary/aromatic N) is 3. The Balaban J connectivity index is 1.79. The van der Waals surface area contributed by atoms with Gasteiger partial charge in [0.05, 0.1) is 0 Å². The number of aromatic nitrogens is 2. The quantitative estimate of drug-likeness (QED) is 0.928. The fourth-order valence-electron chi connectivity index (χ4n) is 2.26. The summed E-state index contributed by atoms with van der Waals surface area (Å²) in [7, 11) is 0. The maximum absolute atomic E-state index is 12.3. The molecule has 3 heterocycles. The van der Waals surface area contributed by atoms with Gasteiger partial charge in [-0.3, -0.25) is 4.79 Å². The first-order valence-corrected chi connectivity index (χ1v) is 6.68. The third kappa shape index (κ3) is 2.49. The minimum atomic E-state index is -0.00631. The first kappa shape index (κ1) is 12.7. The van der Waals surface area contributed by atoms with Crippen LogP contribution in [0.25, 0.3) is 0 Å². The second-order valence-electron chi connectivity index (χ2n) is 4.85. The molecule has 0 bridgehead atoms. The molecule has 2 aromatic rings. The Kier molecular flexibility index (Phi) is 3.37. The van der Waals surface area contributed by atoms with Gasteiger partial charge in [-0.25, -0.2) is 4.98 Å². The highest BCUT2D eigenvalue weighted by molar-refractivity contribution is 5.92. The molecule has 0 atom stereocenters. The lowest BCUT2D eigenvalue weighted by atomic mass is 10.3. The maximum Gasteiger partial charge on any atom is 0.272 e. The Morgan fingerprint density at radius 1 is 1.35 bits per heavy atom. The van der Waals surface area contributed by atoms with E-state index in [1.165, 1.54) is 6.26 Å². The molecule has 104 valence electrons. The van der Waals surface area contributed by atoms with Crippen LogP contribution in [-0.4, -0.2) is 34.0 Å². The number of amides is 1. The molecule has 1 amide bonds. The molecule has 0 saturated carbocycles. The topological polar surface area (TPSA) is 71.3 Å². The Bertz CT molecular complexity index is 617. The Hall–Kier alpha value is -2.37. The monoisotopic (exact) mass is 272 g/mol. The van der Waals surface area contributed by atoms with Gasteiger partial charge in [-0.2, -0.15) is 0 Å². The molecule has 1 fully saturated rings. The van der Waals surface area contributed by atoms with Crippen molar-refractivity contribution >= 4 is 17.4 Å². The highest BCUT2D eigenvalue weighted by atomic mass is 16.5. The highest BCUT2D eigenvalue weighted by Gasteiger charge is 2.20. The van der Waals surface area contributed by atoms with Gasteiger partial charge in [0.15, 0.2) is 0 Å². The number of aryl methyl sites for hydroxylation is 1. The number of carbonyl (C=O) groups excluding carboxylic acids is 1. The summed E-state index contributed by atoms with van der Waals surface area (Å²) in [4.78, 5) is 18.5. The molecular formula is C14H16N4O2. The van der Waals surface area contributed by atoms with Crippen LogP contribution in [0.5, 0.6) is 0 Å². The maximum atomic E-state index is 12.3. The van der Waals surface area contributed by atoms with Crippen LogP contribution >= 0.6 is 0 Å². The van der Waals surface area contributed by atoms with Gasteiger partial charge in [0, 0.05) is 13.1 Å². The summed E-state index contributed by atoms with van der Waals surface area (Å²) >= 11 is 0. The van der Waals surface area contributed by atoms with Crippen molar-refractivity contribution in [1.29, 1.82) is 0 Å². The van der Waals surface area contributed by atoms with Crippen LogP contribution in [0.1, 0.15) is 29.0 Å². The molecule has 3 rings (SSSR count). The number of anilines is 2. The zero-order valence-electron chi connectivity index (χ0n) is 11.3. The van der Waals surface area contributed by atoms with Crippen LogP contribution in [0.15, 0.2) is 29.0 Å². The molecule has 2 aromatic heterocycles. The van der Waals surface area contributed by atoms with E-state index < -0.39 is 0 Å². The zero-order chi connectivity index (χ0) is 13.9. The lowest BCUT2D eigenvalue weighted by Gasteiger charge is -2.15. The average Bonchev–Trinajstić information content (AvgIpc) is 3.11. The zero-order valence-corrected chi connectivity index (χ0v) is 11.3. The van der Waals surface area contributed by atoms with Crippen LogP contribution in [0, 0.1) is 6.92 Å². The van der Waals surface area contributed by atoms with Crippen molar-refractivity contribution in [2.45, 2.75) is 19.8 Å². The summed E-state index contributed by atoms with van der Waals surface area (Å²) in [6.07, 6.45) is 3.67. The average molecular weight is 272 g/mol. The summed E-state index contributed by atoms with van der Waals surface area (Å²) in [5, 5.41) is 6.89. The minimum Gasteiger partial charge on any atom is -0.362 e. The number of hydrogen-bond donors (Lipinski definition) is 1. The van der Waals surface area contributed by atoms with Crippen molar-refractivity contribution in [3.05, 3.63) is 35.9 Å². The number of likely N-dealkylation sites (tertiary alicyclic amines) is 1. The second kappa shape index (κ2) is 5.32. The lowest BCUT2D eigenvalue weighted by molar-refractivity contribution is 0.0787. The number of pyridine rings is 1. The molecular weight excluding hydrogens is 256 g/mol. The molecule has 0 aliphatic carbocycles. The first-order valence-electron chi connectivity index (χ1n) is 6.68. The van der Waals surface area contributed by atoms with E-state index in [4.69, 9.17) is 4.52 Å². The van der Waals surface area contributed by atoms with E-state index in [0.717, 1.165) is 37.3 Å². The third-order valence-corrected chi connectivity index (χ3v) is 3.37. The third-order valence-electron chi connectivity index (χ3n) is 3.37. The SMILES string of the molecule is Cc1nocc1Nc1cccc(C(=O)N2CCCC2)n1. The largest absolute Gasteiger partial charge is 0.362 e. The number of carbonyl (C=O) groups is 1. The van der Waals surface area contributed by atoms with Crippen LogP contribution in [0.3, 0.4) is 0 Å². The molecule has 0 spiro atoms. The minimum absolute atomic E-state index is 0.00631. The van der Waals surface area contributed by atoms with Gasteiger partial charge in [-0.05, 0) is 31.9 Å². The van der Waals surface area contributed by atoms with Gasteiger partial charge in [-0.15, -0.1) is 0 Å². The van der Waals surface area contributed by atoms with Crippen LogP contribution in [0.4, 0.5) is 11.5 Å². The molecule has 0 aromatic carbocycles. The fourth-order valence-corrected chi connectivity index (χ4v) is 2.26. The van der Waals surface area contributed by atoms with Gasteiger partial charge >= 0.3 is 0 Å². The van der Waals surface area contributed by atoms with E-state index in [0.29, 0.717) is 11.5 Å². The predicted molar refractivity (Wildman–Crippen MR) is 73.9 cm³/mol. The van der Waals surface area contributed by atoms with Crippen molar-refractivity contribution in [2.75, 3.05) is 18.4 Å². The Morgan fingerprint density at radius 2 is 2.15 bits per heavy atom. The van der Waals surface area contributed by atoms with E-state index in [2.05, 4.69) is 15.5 Å². The summed E-state index contributed by atoms with van der Waals surface area (Å²) in [6, 6.07) is 5.38. The molecule has 6 heteroatoms. The van der Waals surface area contributed by atoms with E-state index >= 15 is 0 Å². The molecule has 1 N–H and O–H groups in total. The summed E-state index contributed by atoms with van der Waals surface area (Å²) in [6.45, 7) is 3.48. The standard InChI is InChI=1S/C14H16N4O2/c1-10-12(9-20-17-10)16-13-6-4-5-11(15-13)14(19)18-7-2-3-8-18/h4-6,9H,2-3,7-8H2,1H3,(H,15,16). The summed E-state index contributed by atoms with van der Waals surface area (Å²) < 4.78 is 4.86. The highest BCUT2D eigenvalue weighted by Crippen LogP contribution is 2.19.